The van der Waals surface area contributed by atoms with Crippen LogP contribution in [0.4, 0.5) is 0 Å². The molecule has 0 saturated carbocycles. The highest BCUT2D eigenvalue weighted by molar-refractivity contribution is 5.92. The highest BCUT2D eigenvalue weighted by Crippen LogP contribution is 2.40. The summed E-state index contributed by atoms with van der Waals surface area (Å²) in [5, 5.41) is 9.59. The van der Waals surface area contributed by atoms with Gasteiger partial charge in [-0.05, 0) is 38.5 Å². The summed E-state index contributed by atoms with van der Waals surface area (Å²) in [5.41, 5.74) is 8.01. The van der Waals surface area contributed by atoms with Gasteiger partial charge in [-0.15, -0.1) is 0 Å². The van der Waals surface area contributed by atoms with E-state index in [0.717, 1.165) is 22.6 Å². The molecule has 3 rings (SSSR count). The molecule has 0 bridgehead atoms. The molecular weight excluding hydrogens is 344 g/mol. The average Bonchev–Trinajstić information content (AvgIpc) is 3.08. The van der Waals surface area contributed by atoms with Crippen molar-refractivity contribution in [3.8, 4) is 17.4 Å². The molecular formula is C21H20N2O4. The molecule has 27 heavy (non-hydrogen) atoms. The van der Waals surface area contributed by atoms with Gasteiger partial charge in [-0.3, -0.25) is 0 Å². The first kappa shape index (κ1) is 18.3. The lowest BCUT2D eigenvalue weighted by Gasteiger charge is -2.26. The van der Waals surface area contributed by atoms with Gasteiger partial charge in [0.2, 0.25) is 5.88 Å². The Hall–Kier alpha value is -3.46. The maximum atomic E-state index is 12.5. The number of aryl methyl sites for hydroxylation is 1. The maximum Gasteiger partial charge on any atom is 0.338 e. The smallest absolute Gasteiger partial charge is 0.338 e. The van der Waals surface area contributed by atoms with Crippen molar-refractivity contribution < 1.29 is 18.7 Å². The monoisotopic (exact) mass is 364 g/mol. The summed E-state index contributed by atoms with van der Waals surface area (Å²) in [4.78, 5) is 12.5. The van der Waals surface area contributed by atoms with Crippen LogP contribution in [0.15, 0.2) is 63.6 Å². The molecule has 1 aliphatic heterocycles. The molecule has 2 heterocycles. The Morgan fingerprint density at radius 3 is 2.48 bits per heavy atom. The van der Waals surface area contributed by atoms with Gasteiger partial charge in [0.05, 0.1) is 18.1 Å². The summed E-state index contributed by atoms with van der Waals surface area (Å²) >= 11 is 0. The van der Waals surface area contributed by atoms with E-state index in [2.05, 4.69) is 6.07 Å². The molecule has 1 aromatic heterocycles. The van der Waals surface area contributed by atoms with Crippen LogP contribution < -0.4 is 5.73 Å². The predicted octanol–water partition coefficient (Wildman–Crippen LogP) is 3.90. The number of hydrogen-bond donors (Lipinski definition) is 1. The Morgan fingerprint density at radius 2 is 1.93 bits per heavy atom. The molecule has 1 aliphatic rings. The zero-order valence-corrected chi connectivity index (χ0v) is 15.4. The fraction of sp³-hybridized carbons (Fsp3) is 0.238. The van der Waals surface area contributed by atoms with Crippen LogP contribution in [-0.2, 0) is 14.3 Å². The number of rotatable bonds is 4. The van der Waals surface area contributed by atoms with Crippen molar-refractivity contribution in [3.05, 3.63) is 70.5 Å². The molecule has 0 saturated heterocycles. The van der Waals surface area contributed by atoms with Crippen LogP contribution in [0.3, 0.4) is 0 Å². The van der Waals surface area contributed by atoms with Crippen LogP contribution in [0, 0.1) is 18.3 Å². The zero-order chi connectivity index (χ0) is 19.6. The third-order valence-corrected chi connectivity index (χ3v) is 4.37. The second kappa shape index (κ2) is 7.42. The molecule has 6 nitrogen and oxygen atoms in total. The quantitative estimate of drug-likeness (QED) is 0.826. The van der Waals surface area contributed by atoms with Crippen molar-refractivity contribution in [2.24, 2.45) is 5.73 Å². The van der Waals surface area contributed by atoms with Crippen molar-refractivity contribution in [2.75, 3.05) is 6.61 Å². The van der Waals surface area contributed by atoms with Gasteiger partial charge in [0, 0.05) is 5.56 Å². The first-order valence-electron chi connectivity index (χ1n) is 8.58. The molecule has 138 valence electrons. The van der Waals surface area contributed by atoms with Crippen LogP contribution in [0.5, 0.6) is 0 Å². The first-order chi connectivity index (χ1) is 13.0. The second-order valence-electron chi connectivity index (χ2n) is 6.15. The minimum atomic E-state index is -0.643. The molecule has 1 atom stereocenters. The Kier molecular flexibility index (Phi) is 5.04. The number of nitriles is 1. The van der Waals surface area contributed by atoms with Gasteiger partial charge in [0.25, 0.3) is 0 Å². The van der Waals surface area contributed by atoms with E-state index >= 15 is 0 Å². The SMILES string of the molecule is CCOC(=O)C1=C(C)OC(N)=C(C#N)C1c1ccc(-c2ccc(C)o2)cc1. The van der Waals surface area contributed by atoms with E-state index in [0.29, 0.717) is 5.76 Å². The summed E-state index contributed by atoms with van der Waals surface area (Å²) in [5.74, 6) is 0.740. The van der Waals surface area contributed by atoms with Gasteiger partial charge in [-0.2, -0.15) is 5.26 Å². The predicted molar refractivity (Wildman–Crippen MR) is 98.9 cm³/mol. The number of allylic oxidation sites excluding steroid dienone is 2. The lowest BCUT2D eigenvalue weighted by atomic mass is 9.83. The van der Waals surface area contributed by atoms with E-state index in [1.165, 1.54) is 0 Å². The summed E-state index contributed by atoms with van der Waals surface area (Å²) in [7, 11) is 0. The summed E-state index contributed by atoms with van der Waals surface area (Å²) in [6.07, 6.45) is 0. The molecule has 2 aromatic rings. The molecule has 0 amide bonds. The Morgan fingerprint density at radius 1 is 1.22 bits per heavy atom. The van der Waals surface area contributed by atoms with Crippen LogP contribution in [0.1, 0.15) is 31.1 Å². The van der Waals surface area contributed by atoms with E-state index in [-0.39, 0.29) is 23.6 Å². The molecule has 0 spiro atoms. The van der Waals surface area contributed by atoms with Gasteiger partial charge in [0.1, 0.15) is 28.9 Å². The molecule has 6 heteroatoms. The first-order valence-corrected chi connectivity index (χ1v) is 8.58. The van der Waals surface area contributed by atoms with E-state index in [1.54, 1.807) is 13.8 Å². The fourth-order valence-corrected chi connectivity index (χ4v) is 3.12. The average molecular weight is 364 g/mol. The van der Waals surface area contributed by atoms with Gasteiger partial charge >= 0.3 is 5.97 Å². The number of esters is 1. The van der Waals surface area contributed by atoms with Crippen molar-refractivity contribution in [3.63, 3.8) is 0 Å². The zero-order valence-electron chi connectivity index (χ0n) is 15.4. The Bertz CT molecular complexity index is 974. The van der Waals surface area contributed by atoms with Gasteiger partial charge in [-0.25, -0.2) is 4.79 Å². The number of nitrogens with two attached hydrogens (primary N) is 1. The second-order valence-corrected chi connectivity index (χ2v) is 6.15. The standard InChI is InChI=1S/C21H20N2O4/c1-4-25-21(24)18-13(3)27-20(23)16(11-22)19(18)15-8-6-14(7-9-15)17-10-5-12(2)26-17/h5-10,19H,4,23H2,1-3H3. The maximum absolute atomic E-state index is 12.5. The Balaban J connectivity index is 2.05. The molecule has 1 unspecified atom stereocenters. The summed E-state index contributed by atoms with van der Waals surface area (Å²) in [6.45, 7) is 5.47. The molecule has 0 fully saturated rings. The van der Waals surface area contributed by atoms with Gasteiger partial charge < -0.3 is 19.6 Å². The number of ether oxygens (including phenoxy) is 2. The Labute approximate surface area is 157 Å². The number of hydrogen-bond acceptors (Lipinski definition) is 6. The van der Waals surface area contributed by atoms with Crippen molar-refractivity contribution >= 4 is 5.97 Å². The molecule has 0 aliphatic carbocycles. The van der Waals surface area contributed by atoms with E-state index in [4.69, 9.17) is 19.6 Å². The topological polar surface area (TPSA) is 98.5 Å². The number of nitrogens with zero attached hydrogens (tertiary/aromatic N) is 1. The van der Waals surface area contributed by atoms with Crippen LogP contribution >= 0.6 is 0 Å². The van der Waals surface area contributed by atoms with Crippen LogP contribution in [0.25, 0.3) is 11.3 Å². The largest absolute Gasteiger partial charge is 0.463 e. The lowest BCUT2D eigenvalue weighted by Crippen LogP contribution is -2.25. The number of benzene rings is 1. The van der Waals surface area contributed by atoms with Crippen LogP contribution in [0.2, 0.25) is 0 Å². The normalized spacial score (nSPS) is 16.7. The fourth-order valence-electron chi connectivity index (χ4n) is 3.12. The summed E-state index contributed by atoms with van der Waals surface area (Å²) < 4.78 is 16.2. The minimum Gasteiger partial charge on any atom is -0.463 e. The van der Waals surface area contributed by atoms with Gasteiger partial charge in [-0.1, -0.05) is 24.3 Å². The number of carbonyl (C=O) groups is 1. The third kappa shape index (κ3) is 3.44. The molecule has 0 radical (unpaired) electrons. The number of carbonyl (C=O) groups excluding carboxylic acids is 1. The van der Waals surface area contributed by atoms with E-state index in [1.807, 2.05) is 43.3 Å². The van der Waals surface area contributed by atoms with Crippen molar-refractivity contribution in [1.29, 1.82) is 5.26 Å². The van der Waals surface area contributed by atoms with E-state index < -0.39 is 11.9 Å². The highest BCUT2D eigenvalue weighted by Gasteiger charge is 2.36. The van der Waals surface area contributed by atoms with Crippen molar-refractivity contribution in [2.45, 2.75) is 26.7 Å². The minimum absolute atomic E-state index is 0.00113. The number of furan rings is 1. The molecule has 1 aromatic carbocycles. The lowest BCUT2D eigenvalue weighted by molar-refractivity contribution is -0.139. The highest BCUT2D eigenvalue weighted by atomic mass is 16.5. The molecule has 2 N–H and O–H groups in total. The van der Waals surface area contributed by atoms with E-state index in [9.17, 15) is 10.1 Å². The van der Waals surface area contributed by atoms with Crippen LogP contribution in [-0.4, -0.2) is 12.6 Å². The van der Waals surface area contributed by atoms with Gasteiger partial charge in [0.15, 0.2) is 0 Å². The summed E-state index contributed by atoms with van der Waals surface area (Å²) in [6, 6.07) is 13.3. The third-order valence-electron chi connectivity index (χ3n) is 4.37. The van der Waals surface area contributed by atoms with Crippen molar-refractivity contribution in [1.82, 2.24) is 0 Å².